The van der Waals surface area contributed by atoms with E-state index >= 15 is 0 Å². The van der Waals surface area contributed by atoms with Crippen molar-refractivity contribution in [2.45, 2.75) is 33.6 Å². The minimum Gasteiger partial charge on any atom is -0.308 e. The minimum atomic E-state index is -2.86. The first-order valence-corrected chi connectivity index (χ1v) is 5.99. The molecule has 4 heteroatoms. The van der Waals surface area contributed by atoms with Crippen LogP contribution in [-0.2, 0) is 13.6 Å². The molecule has 0 unspecified atom stereocenters. The highest BCUT2D eigenvalue weighted by molar-refractivity contribution is 7.56. The Hall–Kier alpha value is 0.150. The third-order valence-corrected chi connectivity index (χ3v) is 2.98. The lowest BCUT2D eigenvalue weighted by Crippen LogP contribution is -1.97. The van der Waals surface area contributed by atoms with Crippen LogP contribution in [0.1, 0.15) is 33.6 Å². The molecule has 3 nitrogen and oxygen atoms in total. The van der Waals surface area contributed by atoms with Gasteiger partial charge >= 0.3 is 7.60 Å². The van der Waals surface area contributed by atoms with Crippen LogP contribution in [0.25, 0.3) is 0 Å². The Bertz CT molecular complexity index is 135. The van der Waals surface area contributed by atoms with Crippen LogP contribution in [0.2, 0.25) is 0 Å². The van der Waals surface area contributed by atoms with Crippen LogP contribution in [0.4, 0.5) is 0 Å². The van der Waals surface area contributed by atoms with E-state index in [9.17, 15) is 4.57 Å². The van der Waals surface area contributed by atoms with Crippen LogP contribution in [0.15, 0.2) is 0 Å². The van der Waals surface area contributed by atoms with Crippen LogP contribution < -0.4 is 0 Å². The summed E-state index contributed by atoms with van der Waals surface area (Å²) in [6, 6.07) is 0. The minimum absolute atomic E-state index is 0.491. The molecule has 0 aromatic rings. The fraction of sp³-hybridized carbons (Fsp3) is 0.875. The third kappa shape index (κ3) is 4.91. The van der Waals surface area contributed by atoms with E-state index in [0.29, 0.717) is 13.2 Å². The highest BCUT2D eigenvalue weighted by Gasteiger charge is 2.20. The van der Waals surface area contributed by atoms with Gasteiger partial charge in [-0.1, -0.05) is 20.8 Å². The molecule has 0 aromatic carbocycles. The van der Waals surface area contributed by atoms with E-state index in [4.69, 9.17) is 9.05 Å². The molecule has 0 spiro atoms. The SMILES string of the molecule is C[CH]P(=O)(OCCC)OCCC. The fourth-order valence-corrected chi connectivity index (χ4v) is 1.87. The van der Waals surface area contributed by atoms with Crippen molar-refractivity contribution in [2.24, 2.45) is 0 Å². The second kappa shape index (κ2) is 6.64. The van der Waals surface area contributed by atoms with Gasteiger partial charge in [0.05, 0.1) is 19.4 Å². The molecule has 0 fully saturated rings. The summed E-state index contributed by atoms with van der Waals surface area (Å²) in [6.07, 6.45) is 3.22. The van der Waals surface area contributed by atoms with Gasteiger partial charge in [0.1, 0.15) is 0 Å². The van der Waals surface area contributed by atoms with Gasteiger partial charge < -0.3 is 9.05 Å². The Morgan fingerprint density at radius 2 is 1.58 bits per heavy atom. The van der Waals surface area contributed by atoms with Crippen LogP contribution in [0.3, 0.4) is 0 Å². The van der Waals surface area contributed by atoms with Crippen LogP contribution in [0, 0.1) is 6.16 Å². The standard InChI is InChI=1S/C8H18O3P/c1-4-7-10-12(9,6-3)11-8-5-2/h6H,4-5,7-8H2,1-3H3. The maximum Gasteiger partial charge on any atom is 0.334 e. The largest absolute Gasteiger partial charge is 0.334 e. The molecule has 0 aliphatic rings. The Kier molecular flexibility index (Phi) is 6.73. The van der Waals surface area contributed by atoms with E-state index in [1.807, 2.05) is 13.8 Å². The lowest BCUT2D eigenvalue weighted by atomic mass is 10.5. The predicted octanol–water partition coefficient (Wildman–Crippen LogP) is 3.21. The molecule has 12 heavy (non-hydrogen) atoms. The summed E-state index contributed by atoms with van der Waals surface area (Å²) in [5.41, 5.74) is 0. The summed E-state index contributed by atoms with van der Waals surface area (Å²) in [6.45, 7) is 6.63. The monoisotopic (exact) mass is 193 g/mol. The van der Waals surface area contributed by atoms with Gasteiger partial charge in [0.25, 0.3) is 0 Å². The van der Waals surface area contributed by atoms with E-state index in [1.54, 1.807) is 6.92 Å². The van der Waals surface area contributed by atoms with E-state index in [1.165, 1.54) is 6.16 Å². The predicted molar refractivity (Wildman–Crippen MR) is 50.1 cm³/mol. The van der Waals surface area contributed by atoms with Crippen molar-refractivity contribution in [3.63, 3.8) is 0 Å². The van der Waals surface area contributed by atoms with Crippen molar-refractivity contribution in [1.29, 1.82) is 0 Å². The zero-order valence-corrected chi connectivity index (χ0v) is 8.97. The van der Waals surface area contributed by atoms with Crippen molar-refractivity contribution in [2.75, 3.05) is 13.2 Å². The molecule has 0 atom stereocenters. The van der Waals surface area contributed by atoms with Crippen LogP contribution >= 0.6 is 7.60 Å². The first kappa shape index (κ1) is 12.2. The van der Waals surface area contributed by atoms with E-state index in [0.717, 1.165) is 12.8 Å². The second-order valence-corrected chi connectivity index (χ2v) is 4.58. The number of hydrogen-bond donors (Lipinski definition) is 0. The molecular weight excluding hydrogens is 175 g/mol. The summed E-state index contributed by atoms with van der Waals surface area (Å²) in [7, 11) is -2.86. The second-order valence-electron chi connectivity index (χ2n) is 2.46. The Balaban J connectivity index is 3.79. The van der Waals surface area contributed by atoms with Gasteiger partial charge in [0, 0.05) is 0 Å². The Labute approximate surface area is 75.0 Å². The molecule has 0 saturated carbocycles. The van der Waals surface area contributed by atoms with Gasteiger partial charge in [0.15, 0.2) is 0 Å². The molecule has 0 bridgehead atoms. The van der Waals surface area contributed by atoms with Gasteiger partial charge in [-0.15, -0.1) is 0 Å². The molecule has 0 amide bonds. The lowest BCUT2D eigenvalue weighted by molar-refractivity contribution is 0.209. The van der Waals surface area contributed by atoms with Gasteiger partial charge in [0.2, 0.25) is 0 Å². The first-order valence-electron chi connectivity index (χ1n) is 4.37. The van der Waals surface area contributed by atoms with E-state index in [2.05, 4.69) is 0 Å². The van der Waals surface area contributed by atoms with E-state index < -0.39 is 7.60 Å². The molecule has 0 N–H and O–H groups in total. The molecule has 0 aliphatic heterocycles. The van der Waals surface area contributed by atoms with Gasteiger partial charge in [-0.3, -0.25) is 4.57 Å². The Morgan fingerprint density at radius 1 is 1.17 bits per heavy atom. The zero-order valence-electron chi connectivity index (χ0n) is 8.08. The fourth-order valence-electron chi connectivity index (χ4n) is 0.623. The van der Waals surface area contributed by atoms with Crippen molar-refractivity contribution < 1.29 is 13.6 Å². The maximum atomic E-state index is 11.6. The topological polar surface area (TPSA) is 35.5 Å². The van der Waals surface area contributed by atoms with Crippen molar-refractivity contribution in [1.82, 2.24) is 0 Å². The summed E-state index contributed by atoms with van der Waals surface area (Å²) >= 11 is 0. The van der Waals surface area contributed by atoms with Crippen molar-refractivity contribution in [3.8, 4) is 0 Å². The molecule has 0 saturated heterocycles. The average molecular weight is 193 g/mol. The highest BCUT2D eigenvalue weighted by Crippen LogP contribution is 2.50. The van der Waals surface area contributed by atoms with E-state index in [-0.39, 0.29) is 0 Å². The third-order valence-electron chi connectivity index (χ3n) is 1.27. The Morgan fingerprint density at radius 3 is 1.83 bits per heavy atom. The summed E-state index contributed by atoms with van der Waals surface area (Å²) in [5.74, 6) is 0. The van der Waals surface area contributed by atoms with Crippen LogP contribution in [0.5, 0.6) is 0 Å². The average Bonchev–Trinajstić information content (AvgIpc) is 2.11. The van der Waals surface area contributed by atoms with Crippen molar-refractivity contribution >= 4 is 7.60 Å². The first-order chi connectivity index (χ1) is 5.68. The van der Waals surface area contributed by atoms with Gasteiger partial charge in [-0.2, -0.15) is 0 Å². The van der Waals surface area contributed by atoms with Crippen molar-refractivity contribution in [3.05, 3.63) is 6.16 Å². The number of rotatable bonds is 7. The zero-order chi connectivity index (χ0) is 9.45. The summed E-state index contributed by atoms with van der Waals surface area (Å²) in [5, 5.41) is 0. The molecular formula is C8H18O3P. The molecule has 0 heterocycles. The smallest absolute Gasteiger partial charge is 0.308 e. The van der Waals surface area contributed by atoms with Gasteiger partial charge in [-0.05, 0) is 12.8 Å². The highest BCUT2D eigenvalue weighted by atomic mass is 31.2. The molecule has 1 radical (unpaired) electrons. The maximum absolute atomic E-state index is 11.6. The quantitative estimate of drug-likeness (QED) is 0.582. The molecule has 0 rings (SSSR count). The molecule has 0 aromatic heterocycles. The number of hydrogen-bond acceptors (Lipinski definition) is 3. The molecule has 0 aliphatic carbocycles. The molecule has 73 valence electrons. The lowest BCUT2D eigenvalue weighted by Gasteiger charge is -2.15. The van der Waals surface area contributed by atoms with Crippen LogP contribution in [-0.4, -0.2) is 13.2 Å². The van der Waals surface area contributed by atoms with Gasteiger partial charge in [-0.25, -0.2) is 0 Å². The summed E-state index contributed by atoms with van der Waals surface area (Å²) < 4.78 is 21.8. The normalized spacial score (nSPS) is 11.9. The summed E-state index contributed by atoms with van der Waals surface area (Å²) in [4.78, 5) is 0.